The van der Waals surface area contributed by atoms with Gasteiger partial charge in [0, 0.05) is 3.57 Å². The van der Waals surface area contributed by atoms with Crippen LogP contribution in [0.25, 0.3) is 0 Å². The third-order valence-corrected chi connectivity index (χ3v) is 2.78. The summed E-state index contributed by atoms with van der Waals surface area (Å²) in [7, 11) is 0. The average Bonchev–Trinajstić information content (AvgIpc) is 2.29. The maximum Gasteiger partial charge on any atom is 0.574 e. The molecule has 0 spiro atoms. The highest BCUT2D eigenvalue weighted by atomic mass is 127. The predicted molar refractivity (Wildman–Crippen MR) is 64.4 cm³/mol. The van der Waals surface area contributed by atoms with Crippen molar-refractivity contribution < 1.29 is 31.8 Å². The van der Waals surface area contributed by atoms with E-state index in [9.17, 15) is 22.4 Å². The number of hydrogen-bond donors (Lipinski definition) is 0. The Morgan fingerprint density at radius 1 is 1.47 bits per heavy atom. The molecule has 0 fully saturated rings. The summed E-state index contributed by atoms with van der Waals surface area (Å²) in [5.41, 5.74) is -0.742. The molecule has 106 valence electrons. The lowest BCUT2D eigenvalue weighted by Crippen LogP contribution is -2.21. The summed E-state index contributed by atoms with van der Waals surface area (Å²) in [6.07, 6.45) is -5.03. The molecule has 0 aromatic carbocycles. The largest absolute Gasteiger partial charge is 0.574 e. The summed E-state index contributed by atoms with van der Waals surface area (Å²) in [6, 6.07) is 1.04. The van der Waals surface area contributed by atoms with E-state index < -0.39 is 30.4 Å². The first kappa shape index (κ1) is 15.9. The summed E-state index contributed by atoms with van der Waals surface area (Å²) >= 11 is 1.65. The molecule has 1 heterocycles. The molecule has 0 aliphatic heterocycles. The number of aromatic nitrogens is 1. The van der Waals surface area contributed by atoms with Gasteiger partial charge in [0.05, 0.1) is 12.3 Å². The Balaban J connectivity index is 3.26. The molecule has 0 saturated carbocycles. The van der Waals surface area contributed by atoms with Crippen molar-refractivity contribution in [1.82, 2.24) is 4.98 Å². The van der Waals surface area contributed by atoms with E-state index in [0.29, 0.717) is 0 Å². The number of pyridine rings is 1. The SMILES string of the molecule is CCOC(=O)c1cc(I)c(CF)nc1OC(F)(F)F. The highest BCUT2D eigenvalue weighted by Crippen LogP contribution is 2.28. The molecular formula is C10H8F4INO3. The quantitative estimate of drug-likeness (QED) is 0.448. The molecule has 0 bridgehead atoms. The Labute approximate surface area is 119 Å². The Morgan fingerprint density at radius 3 is 2.58 bits per heavy atom. The van der Waals surface area contributed by atoms with Gasteiger partial charge < -0.3 is 9.47 Å². The van der Waals surface area contributed by atoms with Gasteiger partial charge in [-0.15, -0.1) is 13.2 Å². The van der Waals surface area contributed by atoms with Crippen molar-refractivity contribution in [2.75, 3.05) is 6.61 Å². The van der Waals surface area contributed by atoms with Gasteiger partial charge in [0.25, 0.3) is 0 Å². The van der Waals surface area contributed by atoms with E-state index in [2.05, 4.69) is 14.5 Å². The van der Waals surface area contributed by atoms with Gasteiger partial charge in [0.1, 0.15) is 12.2 Å². The Hall–Kier alpha value is -1.13. The molecule has 0 amide bonds. The number of alkyl halides is 4. The van der Waals surface area contributed by atoms with Crippen molar-refractivity contribution >= 4 is 28.6 Å². The molecule has 1 rings (SSSR count). The zero-order valence-electron chi connectivity index (χ0n) is 9.55. The summed E-state index contributed by atoms with van der Waals surface area (Å²) in [6.45, 7) is 0.401. The first-order valence-electron chi connectivity index (χ1n) is 4.96. The summed E-state index contributed by atoms with van der Waals surface area (Å²) in [5.74, 6) is -2.03. The third kappa shape index (κ3) is 4.48. The van der Waals surface area contributed by atoms with Gasteiger partial charge in [-0.25, -0.2) is 14.2 Å². The van der Waals surface area contributed by atoms with E-state index in [1.54, 1.807) is 22.6 Å². The number of hydrogen-bond acceptors (Lipinski definition) is 4. The van der Waals surface area contributed by atoms with E-state index >= 15 is 0 Å². The number of carbonyl (C=O) groups excluding carboxylic acids is 1. The van der Waals surface area contributed by atoms with Gasteiger partial charge >= 0.3 is 12.3 Å². The molecule has 0 saturated heterocycles. The fraction of sp³-hybridized carbons (Fsp3) is 0.400. The van der Waals surface area contributed by atoms with Crippen LogP contribution in [0.5, 0.6) is 5.88 Å². The Kier molecular flexibility index (Phi) is 5.32. The van der Waals surface area contributed by atoms with E-state index in [4.69, 9.17) is 0 Å². The molecule has 0 unspecified atom stereocenters. The molecule has 1 aromatic rings. The summed E-state index contributed by atoms with van der Waals surface area (Å²) in [4.78, 5) is 14.9. The van der Waals surface area contributed by atoms with E-state index in [0.717, 1.165) is 6.07 Å². The van der Waals surface area contributed by atoms with Crippen molar-refractivity contribution in [3.63, 3.8) is 0 Å². The molecule has 0 aliphatic carbocycles. The van der Waals surface area contributed by atoms with Crippen molar-refractivity contribution in [2.45, 2.75) is 20.0 Å². The molecule has 4 nitrogen and oxygen atoms in total. The molecule has 1 aromatic heterocycles. The van der Waals surface area contributed by atoms with Gasteiger partial charge in [-0.3, -0.25) is 0 Å². The fourth-order valence-electron chi connectivity index (χ4n) is 1.14. The van der Waals surface area contributed by atoms with E-state index in [1.807, 2.05) is 0 Å². The maximum absolute atomic E-state index is 12.6. The van der Waals surface area contributed by atoms with Crippen LogP contribution < -0.4 is 4.74 Å². The number of carbonyl (C=O) groups is 1. The lowest BCUT2D eigenvalue weighted by Gasteiger charge is -2.13. The smallest absolute Gasteiger partial charge is 0.462 e. The van der Waals surface area contributed by atoms with Gasteiger partial charge in [0.15, 0.2) is 0 Å². The van der Waals surface area contributed by atoms with Gasteiger partial charge in [0.2, 0.25) is 5.88 Å². The van der Waals surface area contributed by atoms with Crippen LogP contribution in [-0.4, -0.2) is 23.9 Å². The first-order valence-corrected chi connectivity index (χ1v) is 6.04. The molecular weight excluding hydrogens is 385 g/mol. The normalized spacial score (nSPS) is 11.3. The topological polar surface area (TPSA) is 48.4 Å². The lowest BCUT2D eigenvalue weighted by atomic mass is 10.2. The summed E-state index contributed by atoms with van der Waals surface area (Å²) in [5, 5.41) is 0. The molecule has 0 radical (unpaired) electrons. The molecule has 9 heteroatoms. The number of esters is 1. The summed E-state index contributed by atoms with van der Waals surface area (Å²) < 4.78 is 57.6. The van der Waals surface area contributed by atoms with Crippen molar-refractivity contribution in [3.05, 3.63) is 20.9 Å². The van der Waals surface area contributed by atoms with Crippen molar-refractivity contribution in [3.8, 4) is 5.88 Å². The minimum atomic E-state index is -5.03. The third-order valence-electron chi connectivity index (χ3n) is 1.85. The van der Waals surface area contributed by atoms with Crippen molar-refractivity contribution in [2.24, 2.45) is 0 Å². The second-order valence-corrected chi connectivity index (χ2v) is 4.33. The van der Waals surface area contributed by atoms with Gasteiger partial charge in [-0.2, -0.15) is 0 Å². The molecule has 0 N–H and O–H groups in total. The van der Waals surface area contributed by atoms with Crippen LogP contribution in [0.1, 0.15) is 23.0 Å². The molecule has 0 aliphatic rings. The zero-order valence-corrected chi connectivity index (χ0v) is 11.7. The second-order valence-electron chi connectivity index (χ2n) is 3.17. The maximum atomic E-state index is 12.6. The van der Waals surface area contributed by atoms with E-state index in [1.165, 1.54) is 6.92 Å². The van der Waals surface area contributed by atoms with Crippen LogP contribution >= 0.6 is 22.6 Å². The van der Waals surface area contributed by atoms with Crippen LogP contribution in [0.4, 0.5) is 17.6 Å². The lowest BCUT2D eigenvalue weighted by molar-refractivity contribution is -0.276. The number of rotatable bonds is 4. The van der Waals surface area contributed by atoms with Gasteiger partial charge in [-0.1, -0.05) is 0 Å². The van der Waals surface area contributed by atoms with Crippen molar-refractivity contribution in [1.29, 1.82) is 0 Å². The second kappa shape index (κ2) is 6.35. The number of halogens is 5. The van der Waals surface area contributed by atoms with Crippen LogP contribution in [0.3, 0.4) is 0 Å². The predicted octanol–water partition coefficient (Wildman–Crippen LogP) is 3.23. The minimum Gasteiger partial charge on any atom is -0.462 e. The average molecular weight is 393 g/mol. The monoisotopic (exact) mass is 393 g/mol. The van der Waals surface area contributed by atoms with E-state index in [-0.39, 0.29) is 15.9 Å². The molecule has 0 atom stereocenters. The van der Waals surface area contributed by atoms with Crippen LogP contribution in [0.15, 0.2) is 6.07 Å². The highest BCUT2D eigenvalue weighted by Gasteiger charge is 2.34. The Morgan fingerprint density at radius 2 is 2.11 bits per heavy atom. The van der Waals surface area contributed by atoms with Crippen LogP contribution in [-0.2, 0) is 11.4 Å². The van der Waals surface area contributed by atoms with Crippen LogP contribution in [0.2, 0.25) is 0 Å². The number of nitrogens with zero attached hydrogens (tertiary/aromatic N) is 1. The van der Waals surface area contributed by atoms with Crippen LogP contribution in [0, 0.1) is 3.57 Å². The Bertz CT molecular complexity index is 479. The number of ether oxygens (including phenoxy) is 2. The first-order chi connectivity index (χ1) is 8.78. The fourth-order valence-corrected chi connectivity index (χ4v) is 1.72. The minimum absolute atomic E-state index is 0.0221. The van der Waals surface area contributed by atoms with Gasteiger partial charge in [-0.05, 0) is 35.6 Å². The molecule has 19 heavy (non-hydrogen) atoms. The standard InChI is InChI=1S/C10H8F4INO3/c1-2-18-9(17)5-3-6(15)7(4-11)16-8(5)19-10(12,13)14/h3H,2,4H2,1H3. The highest BCUT2D eigenvalue weighted by molar-refractivity contribution is 14.1. The zero-order chi connectivity index (χ0) is 14.6.